The Kier molecular flexibility index (Phi) is 8.20. The highest BCUT2D eigenvalue weighted by Gasteiger charge is 2.35. The molecule has 0 bridgehead atoms. The highest BCUT2D eigenvalue weighted by molar-refractivity contribution is 5.87. The molecule has 154 valence electrons. The molecule has 0 saturated carbocycles. The fourth-order valence-corrected chi connectivity index (χ4v) is 2.67. The Morgan fingerprint density at radius 3 is 2.30 bits per heavy atom. The number of likely N-dealkylation sites (N-methyl/N-ethyl adjacent to an activating group) is 1. The van der Waals surface area contributed by atoms with Gasteiger partial charge in [0.15, 0.2) is 12.2 Å². The topological polar surface area (TPSA) is 102 Å². The van der Waals surface area contributed by atoms with Gasteiger partial charge in [0.2, 0.25) is 5.91 Å². The van der Waals surface area contributed by atoms with Gasteiger partial charge < -0.3 is 24.2 Å². The van der Waals surface area contributed by atoms with Crippen molar-refractivity contribution < 1.29 is 33.1 Å². The van der Waals surface area contributed by atoms with Gasteiger partial charge in [-0.05, 0) is 26.7 Å². The van der Waals surface area contributed by atoms with Crippen molar-refractivity contribution in [2.24, 2.45) is 0 Å². The number of nitrogens with zero attached hydrogens (tertiary/aromatic N) is 2. The molecule has 27 heavy (non-hydrogen) atoms. The molecular weight excluding hydrogens is 354 g/mol. The summed E-state index contributed by atoms with van der Waals surface area (Å²) in [5.74, 6) is -2.05. The zero-order valence-electron chi connectivity index (χ0n) is 17.1. The van der Waals surface area contributed by atoms with E-state index in [4.69, 9.17) is 9.47 Å². The molecule has 1 saturated heterocycles. The lowest BCUT2D eigenvalue weighted by molar-refractivity contribution is -0.869. The van der Waals surface area contributed by atoms with Gasteiger partial charge in [-0.25, -0.2) is 9.59 Å². The van der Waals surface area contributed by atoms with E-state index in [-0.39, 0.29) is 5.91 Å². The second-order valence-corrected chi connectivity index (χ2v) is 7.83. The number of carbonyl (C=O) groups excluding carboxylic acids is 4. The fraction of sp³-hybridized carbons (Fsp3) is 0.778. The van der Waals surface area contributed by atoms with Gasteiger partial charge in [0.25, 0.3) is 5.91 Å². The second kappa shape index (κ2) is 9.68. The van der Waals surface area contributed by atoms with Crippen molar-refractivity contribution in [1.82, 2.24) is 10.2 Å². The van der Waals surface area contributed by atoms with Crippen molar-refractivity contribution in [1.29, 1.82) is 0 Å². The van der Waals surface area contributed by atoms with Crippen molar-refractivity contribution in [2.45, 2.75) is 51.9 Å². The van der Waals surface area contributed by atoms with Gasteiger partial charge in [0.1, 0.15) is 6.04 Å². The molecule has 9 nitrogen and oxygen atoms in total. The molecule has 1 rings (SSSR count). The molecule has 1 N–H and O–H groups in total. The van der Waals surface area contributed by atoms with Crippen LogP contribution in [-0.2, 0) is 28.7 Å². The van der Waals surface area contributed by atoms with Gasteiger partial charge in [0.05, 0.1) is 34.2 Å². The molecule has 3 atom stereocenters. The van der Waals surface area contributed by atoms with Gasteiger partial charge in [0, 0.05) is 13.5 Å². The Balaban J connectivity index is 2.45. The maximum atomic E-state index is 12.2. The first-order valence-electron chi connectivity index (χ1n) is 9.18. The summed E-state index contributed by atoms with van der Waals surface area (Å²) in [7, 11) is 6.01. The first-order valence-corrected chi connectivity index (χ1v) is 9.18. The lowest BCUT2D eigenvalue weighted by Gasteiger charge is -2.24. The SMILES string of the molecule is CC(=O)N1CCC[C@H]1C(=O)O[C@@H](C)C(=O)O[C@@H](C)C(=O)NCC[N+](C)(C)C. The minimum atomic E-state index is -1.16. The van der Waals surface area contributed by atoms with Gasteiger partial charge in [-0.1, -0.05) is 0 Å². The quantitative estimate of drug-likeness (QED) is 0.453. The normalized spacial score (nSPS) is 19.2. The molecule has 0 aliphatic carbocycles. The molecule has 2 amide bonds. The summed E-state index contributed by atoms with van der Waals surface area (Å²) < 4.78 is 10.9. The van der Waals surface area contributed by atoms with Gasteiger partial charge in [-0.3, -0.25) is 9.59 Å². The number of nitrogens with one attached hydrogen (secondary N) is 1. The Hall–Kier alpha value is -2.16. The smallest absolute Gasteiger partial charge is 0.347 e. The molecule has 0 unspecified atom stereocenters. The number of hydrogen-bond donors (Lipinski definition) is 1. The summed E-state index contributed by atoms with van der Waals surface area (Å²) >= 11 is 0. The monoisotopic (exact) mass is 386 g/mol. The molecule has 0 radical (unpaired) electrons. The number of rotatable bonds is 8. The van der Waals surface area contributed by atoms with E-state index in [0.717, 1.165) is 6.54 Å². The molecule has 1 aliphatic heterocycles. The van der Waals surface area contributed by atoms with Crippen LogP contribution in [-0.4, -0.2) is 92.2 Å². The van der Waals surface area contributed by atoms with Gasteiger partial charge in [-0.2, -0.15) is 0 Å². The van der Waals surface area contributed by atoms with Gasteiger partial charge in [-0.15, -0.1) is 0 Å². The molecular formula is C18H32N3O6+. The number of hydrogen-bond acceptors (Lipinski definition) is 6. The predicted octanol–water partition coefficient (Wildman–Crippen LogP) is -0.317. The van der Waals surface area contributed by atoms with Crippen molar-refractivity contribution in [3.05, 3.63) is 0 Å². The van der Waals surface area contributed by atoms with Crippen LogP contribution in [0.1, 0.15) is 33.6 Å². The van der Waals surface area contributed by atoms with Crippen molar-refractivity contribution in [3.8, 4) is 0 Å². The molecule has 0 aromatic rings. The molecule has 0 aromatic heterocycles. The Morgan fingerprint density at radius 2 is 1.74 bits per heavy atom. The first kappa shape index (κ1) is 22.9. The van der Waals surface area contributed by atoms with Gasteiger partial charge >= 0.3 is 11.9 Å². The average molecular weight is 386 g/mol. The summed E-state index contributed by atoms with van der Waals surface area (Å²) in [6.45, 7) is 5.92. The Morgan fingerprint density at radius 1 is 1.11 bits per heavy atom. The lowest BCUT2D eigenvalue weighted by Crippen LogP contribution is -2.45. The zero-order valence-corrected chi connectivity index (χ0v) is 17.1. The van der Waals surface area contributed by atoms with Crippen LogP contribution in [0, 0.1) is 0 Å². The highest BCUT2D eigenvalue weighted by atomic mass is 16.6. The van der Waals surface area contributed by atoms with E-state index in [1.807, 2.05) is 21.1 Å². The van der Waals surface area contributed by atoms with E-state index in [1.54, 1.807) is 0 Å². The van der Waals surface area contributed by atoms with Crippen LogP contribution in [0.4, 0.5) is 0 Å². The summed E-state index contributed by atoms with van der Waals surface area (Å²) in [6.07, 6.45) is -0.937. The molecule has 0 spiro atoms. The number of carbonyl (C=O) groups is 4. The van der Waals surface area contributed by atoms with Crippen LogP contribution < -0.4 is 5.32 Å². The van der Waals surface area contributed by atoms with E-state index in [0.29, 0.717) is 30.4 Å². The third-order valence-corrected chi connectivity index (χ3v) is 4.30. The van der Waals surface area contributed by atoms with Crippen molar-refractivity contribution >= 4 is 23.8 Å². The van der Waals surface area contributed by atoms with Crippen LogP contribution in [0.15, 0.2) is 0 Å². The van der Waals surface area contributed by atoms with E-state index in [1.165, 1.54) is 25.7 Å². The van der Waals surface area contributed by atoms with E-state index in [2.05, 4.69) is 5.32 Å². The van der Waals surface area contributed by atoms with Crippen LogP contribution in [0.2, 0.25) is 0 Å². The summed E-state index contributed by atoms with van der Waals surface area (Å²) in [5.41, 5.74) is 0. The standard InChI is InChI=1S/C18H31N3O6/c1-12(16(23)19-9-11-21(4,5)6)26-17(24)13(2)27-18(25)15-8-7-10-20(15)14(3)22/h12-13,15H,7-11H2,1-6H3/p+1/t12-,13-,15-/m0/s1. The minimum Gasteiger partial charge on any atom is -0.450 e. The lowest BCUT2D eigenvalue weighted by atomic mass is 10.2. The zero-order chi connectivity index (χ0) is 20.8. The number of likely N-dealkylation sites (tertiary alicyclic amines) is 1. The third kappa shape index (κ3) is 7.54. The largest absolute Gasteiger partial charge is 0.450 e. The third-order valence-electron chi connectivity index (χ3n) is 4.30. The van der Waals surface area contributed by atoms with E-state index in [9.17, 15) is 19.2 Å². The highest BCUT2D eigenvalue weighted by Crippen LogP contribution is 2.19. The van der Waals surface area contributed by atoms with Crippen molar-refractivity contribution in [3.63, 3.8) is 0 Å². The van der Waals surface area contributed by atoms with Crippen LogP contribution in [0.25, 0.3) is 0 Å². The number of quaternary nitrogens is 1. The summed E-state index contributed by atoms with van der Waals surface area (Å²) in [4.78, 5) is 49.3. The average Bonchev–Trinajstić information content (AvgIpc) is 3.03. The molecule has 9 heteroatoms. The Labute approximate surface area is 160 Å². The summed E-state index contributed by atoms with van der Waals surface area (Å²) in [6, 6.07) is -0.672. The second-order valence-electron chi connectivity index (χ2n) is 7.83. The maximum absolute atomic E-state index is 12.2. The van der Waals surface area contributed by atoms with Crippen LogP contribution in [0.5, 0.6) is 0 Å². The molecule has 1 heterocycles. The number of amides is 2. The number of ether oxygens (including phenoxy) is 2. The fourth-order valence-electron chi connectivity index (χ4n) is 2.67. The molecule has 1 fully saturated rings. The maximum Gasteiger partial charge on any atom is 0.347 e. The minimum absolute atomic E-state index is 0.205. The van der Waals surface area contributed by atoms with E-state index >= 15 is 0 Å². The Bertz CT molecular complexity index is 572. The number of esters is 2. The van der Waals surface area contributed by atoms with Crippen LogP contribution >= 0.6 is 0 Å². The predicted molar refractivity (Wildman–Crippen MR) is 97.4 cm³/mol. The molecule has 0 aromatic carbocycles. The first-order chi connectivity index (χ1) is 12.4. The van der Waals surface area contributed by atoms with Crippen molar-refractivity contribution in [2.75, 3.05) is 40.8 Å². The van der Waals surface area contributed by atoms with Crippen LogP contribution in [0.3, 0.4) is 0 Å². The summed E-state index contributed by atoms with van der Waals surface area (Å²) in [5, 5.41) is 2.70. The van der Waals surface area contributed by atoms with E-state index < -0.39 is 36.1 Å². The molecule has 1 aliphatic rings.